The van der Waals surface area contributed by atoms with Crippen LogP contribution >= 0.6 is 0 Å². The molecule has 1 aromatic carbocycles. The maximum Gasteiger partial charge on any atom is -0.000869 e. The lowest BCUT2D eigenvalue weighted by Gasteiger charge is -2.26. The van der Waals surface area contributed by atoms with Crippen LogP contribution in [0, 0.1) is 38.0 Å². The fourth-order valence-electron chi connectivity index (χ4n) is 3.88. The standard InChI is InChI=1S/C20H24/c1-4-8-19-18-11-6-5-10-16(18)13-20(19)17-12-7-9-14(2)15(17)3/h5-7,9-12,16,18-20H,4,8H2,1-3H3. The predicted octanol–water partition coefficient (Wildman–Crippen LogP) is 5.26. The zero-order valence-electron chi connectivity index (χ0n) is 12.8. The van der Waals surface area contributed by atoms with Crippen molar-refractivity contribution >= 4 is 0 Å². The van der Waals surface area contributed by atoms with Gasteiger partial charge in [-0.1, -0.05) is 55.8 Å². The van der Waals surface area contributed by atoms with Gasteiger partial charge in [0.1, 0.15) is 0 Å². The average molecular weight is 264 g/mol. The largest absolute Gasteiger partial charge is 0.0805 e. The van der Waals surface area contributed by atoms with E-state index in [1.807, 2.05) is 0 Å². The second-order valence-electron chi connectivity index (χ2n) is 6.26. The molecule has 4 atom stereocenters. The maximum absolute atomic E-state index is 3.87. The van der Waals surface area contributed by atoms with Crippen LogP contribution in [0.25, 0.3) is 0 Å². The van der Waals surface area contributed by atoms with E-state index in [1.54, 1.807) is 0 Å². The fraction of sp³-hybridized carbons (Fsp3) is 0.450. The lowest BCUT2D eigenvalue weighted by molar-refractivity contribution is 0.366. The van der Waals surface area contributed by atoms with Gasteiger partial charge in [0.15, 0.2) is 0 Å². The number of rotatable bonds is 3. The van der Waals surface area contributed by atoms with Crippen molar-refractivity contribution in [3.05, 3.63) is 65.6 Å². The first-order valence-electron chi connectivity index (χ1n) is 7.89. The molecule has 0 spiro atoms. The van der Waals surface area contributed by atoms with Crippen LogP contribution in [-0.4, -0.2) is 0 Å². The van der Waals surface area contributed by atoms with Crippen LogP contribution in [0.5, 0.6) is 0 Å². The van der Waals surface area contributed by atoms with Crippen LogP contribution in [0.4, 0.5) is 0 Å². The van der Waals surface area contributed by atoms with E-state index < -0.39 is 0 Å². The van der Waals surface area contributed by atoms with Crippen molar-refractivity contribution in [1.82, 2.24) is 0 Å². The summed E-state index contributed by atoms with van der Waals surface area (Å²) < 4.78 is 0. The van der Waals surface area contributed by atoms with Crippen LogP contribution < -0.4 is 0 Å². The third-order valence-corrected chi connectivity index (χ3v) is 5.08. The molecule has 104 valence electrons. The Morgan fingerprint density at radius 2 is 1.90 bits per heavy atom. The van der Waals surface area contributed by atoms with Gasteiger partial charge in [-0.2, -0.15) is 0 Å². The third-order valence-electron chi connectivity index (χ3n) is 5.08. The number of hydrogen-bond donors (Lipinski definition) is 0. The van der Waals surface area contributed by atoms with E-state index >= 15 is 0 Å². The van der Waals surface area contributed by atoms with Gasteiger partial charge in [-0.15, -0.1) is 0 Å². The molecular formula is C20H24. The first-order valence-corrected chi connectivity index (χ1v) is 7.89. The zero-order chi connectivity index (χ0) is 14.1. The zero-order valence-corrected chi connectivity index (χ0v) is 12.8. The second kappa shape index (κ2) is 5.60. The van der Waals surface area contributed by atoms with Crippen molar-refractivity contribution in [2.45, 2.75) is 39.5 Å². The van der Waals surface area contributed by atoms with Crippen LogP contribution in [-0.2, 0) is 0 Å². The minimum atomic E-state index is 0.497. The predicted molar refractivity (Wildman–Crippen MR) is 85.6 cm³/mol. The highest BCUT2D eigenvalue weighted by Gasteiger charge is 2.42. The van der Waals surface area contributed by atoms with Gasteiger partial charge in [0.2, 0.25) is 0 Å². The summed E-state index contributed by atoms with van der Waals surface area (Å²) in [7, 11) is 0. The lowest BCUT2D eigenvalue weighted by atomic mass is 9.79. The number of fused-ring (bicyclic) bond motifs is 1. The van der Waals surface area contributed by atoms with Gasteiger partial charge in [0.05, 0.1) is 0 Å². The van der Waals surface area contributed by atoms with Gasteiger partial charge in [0.25, 0.3) is 0 Å². The molecule has 3 rings (SSSR count). The van der Waals surface area contributed by atoms with E-state index in [-0.39, 0.29) is 0 Å². The molecule has 0 bridgehead atoms. The normalized spacial score (nSPS) is 31.6. The Morgan fingerprint density at radius 3 is 2.70 bits per heavy atom. The van der Waals surface area contributed by atoms with Gasteiger partial charge in [-0.25, -0.2) is 0 Å². The molecule has 0 saturated heterocycles. The highest BCUT2D eigenvalue weighted by Crippen LogP contribution is 2.51. The molecule has 0 heterocycles. The van der Waals surface area contributed by atoms with E-state index in [1.165, 1.54) is 29.5 Å². The summed E-state index contributed by atoms with van der Waals surface area (Å²) in [6.45, 7) is 6.79. The highest BCUT2D eigenvalue weighted by atomic mass is 14.5. The van der Waals surface area contributed by atoms with E-state index in [4.69, 9.17) is 0 Å². The maximum atomic E-state index is 3.87. The smallest absolute Gasteiger partial charge is 0.000869 e. The van der Waals surface area contributed by atoms with Gasteiger partial charge < -0.3 is 0 Å². The van der Waals surface area contributed by atoms with Crippen molar-refractivity contribution in [3.8, 4) is 0 Å². The summed E-state index contributed by atoms with van der Waals surface area (Å²) in [6, 6.07) is 6.74. The molecule has 2 aliphatic carbocycles. The lowest BCUT2D eigenvalue weighted by Crippen LogP contribution is -2.16. The molecule has 20 heavy (non-hydrogen) atoms. The summed E-state index contributed by atoms with van der Waals surface area (Å²) in [5.41, 5.74) is 4.36. The Labute approximate surface area is 123 Å². The van der Waals surface area contributed by atoms with Crippen LogP contribution in [0.1, 0.15) is 42.4 Å². The van der Waals surface area contributed by atoms with Crippen LogP contribution in [0.2, 0.25) is 0 Å². The van der Waals surface area contributed by atoms with Crippen molar-refractivity contribution in [1.29, 1.82) is 0 Å². The molecule has 1 fully saturated rings. The van der Waals surface area contributed by atoms with E-state index in [2.05, 4.69) is 69.7 Å². The van der Waals surface area contributed by atoms with Crippen molar-refractivity contribution in [2.75, 3.05) is 0 Å². The molecule has 2 radical (unpaired) electrons. The number of benzene rings is 1. The number of aryl methyl sites for hydroxylation is 1. The Hall–Kier alpha value is -1.30. The third kappa shape index (κ3) is 2.26. The molecular weight excluding hydrogens is 240 g/mol. The van der Waals surface area contributed by atoms with E-state index in [0.29, 0.717) is 23.7 Å². The van der Waals surface area contributed by atoms with E-state index in [0.717, 1.165) is 0 Å². The molecule has 1 aromatic rings. The molecule has 0 nitrogen and oxygen atoms in total. The first-order chi connectivity index (χ1) is 9.72. The second-order valence-corrected chi connectivity index (χ2v) is 6.26. The minimum absolute atomic E-state index is 0.497. The fourth-order valence-corrected chi connectivity index (χ4v) is 3.88. The summed E-state index contributed by atoms with van der Waals surface area (Å²) in [5.74, 6) is 2.38. The molecule has 0 N–H and O–H groups in total. The molecule has 2 aliphatic rings. The van der Waals surface area contributed by atoms with Crippen molar-refractivity contribution < 1.29 is 0 Å². The molecule has 0 aromatic heterocycles. The van der Waals surface area contributed by atoms with Crippen molar-refractivity contribution in [3.63, 3.8) is 0 Å². The van der Waals surface area contributed by atoms with Gasteiger partial charge in [-0.05, 0) is 67.1 Å². The first kappa shape index (κ1) is 13.7. The van der Waals surface area contributed by atoms with Crippen LogP contribution in [0.3, 0.4) is 0 Å². The van der Waals surface area contributed by atoms with Gasteiger partial charge in [-0.3, -0.25) is 0 Å². The molecule has 0 heteroatoms. The summed E-state index contributed by atoms with van der Waals surface area (Å²) in [4.78, 5) is 0. The molecule has 4 unspecified atom stereocenters. The Kier molecular flexibility index (Phi) is 3.83. The van der Waals surface area contributed by atoms with Crippen molar-refractivity contribution in [2.24, 2.45) is 17.8 Å². The minimum Gasteiger partial charge on any atom is -0.0805 e. The van der Waals surface area contributed by atoms with Gasteiger partial charge in [0, 0.05) is 0 Å². The Morgan fingerprint density at radius 1 is 1.10 bits per heavy atom. The summed E-state index contributed by atoms with van der Waals surface area (Å²) in [5, 5.41) is 0. The quantitative estimate of drug-likeness (QED) is 0.699. The summed E-state index contributed by atoms with van der Waals surface area (Å²) in [6.07, 6.45) is 15.6. The molecule has 1 saturated carbocycles. The van der Waals surface area contributed by atoms with Crippen LogP contribution in [0.15, 0.2) is 42.5 Å². The molecule has 0 aliphatic heterocycles. The SMILES string of the molecule is CCCC1C(c2cccc(C)c2C)[C]C2C=CC=CC21. The highest BCUT2D eigenvalue weighted by molar-refractivity contribution is 5.40. The Balaban J connectivity index is 1.97. The average Bonchev–Trinajstić information content (AvgIpc) is 2.81. The Bertz CT molecular complexity index is 535. The number of hydrogen-bond acceptors (Lipinski definition) is 0. The van der Waals surface area contributed by atoms with E-state index in [9.17, 15) is 0 Å². The van der Waals surface area contributed by atoms with Gasteiger partial charge >= 0.3 is 0 Å². The topological polar surface area (TPSA) is 0 Å². The monoisotopic (exact) mass is 264 g/mol. The summed E-state index contributed by atoms with van der Waals surface area (Å²) >= 11 is 0. The molecule has 0 amide bonds. The number of allylic oxidation sites excluding steroid dienone is 4.